The molecule has 28 heavy (non-hydrogen) atoms. The number of hydrogen-bond donors (Lipinski definition) is 1. The second-order valence-electron chi connectivity index (χ2n) is 5.63. The van der Waals surface area contributed by atoms with E-state index in [4.69, 9.17) is 5.26 Å². The molecule has 2 aromatic carbocycles. The minimum Gasteiger partial charge on any atom is -0.277 e. The molecule has 0 atom stereocenters. The van der Waals surface area contributed by atoms with Gasteiger partial charge in [-0.3, -0.25) is 15.5 Å². The maximum absolute atomic E-state index is 12.9. The Balaban J connectivity index is 2.39. The van der Waals surface area contributed by atoms with Crippen molar-refractivity contribution in [2.45, 2.75) is 18.7 Å². The van der Waals surface area contributed by atoms with Crippen molar-refractivity contribution in [2.75, 3.05) is 18.5 Å². The van der Waals surface area contributed by atoms with E-state index < -0.39 is 14.9 Å². The van der Waals surface area contributed by atoms with Crippen LogP contribution >= 0.6 is 0 Å². The van der Waals surface area contributed by atoms with Crippen LogP contribution in [0.5, 0.6) is 0 Å². The van der Waals surface area contributed by atoms with Gasteiger partial charge in [0, 0.05) is 25.2 Å². The molecule has 146 valence electrons. The Morgan fingerprint density at radius 3 is 2.39 bits per heavy atom. The Morgan fingerprint density at radius 2 is 1.86 bits per heavy atom. The lowest BCUT2D eigenvalue weighted by Gasteiger charge is -2.20. The number of nitro benzene ring substituents is 1. The van der Waals surface area contributed by atoms with E-state index in [1.807, 2.05) is 6.07 Å². The second kappa shape index (κ2) is 9.07. The van der Waals surface area contributed by atoms with Crippen molar-refractivity contribution in [3.05, 3.63) is 63.7 Å². The number of hydrogen-bond acceptors (Lipinski definition) is 7. The van der Waals surface area contributed by atoms with Crippen LogP contribution in [-0.4, -0.2) is 37.0 Å². The van der Waals surface area contributed by atoms with Gasteiger partial charge in [-0.1, -0.05) is 26.0 Å². The third-order valence-corrected chi connectivity index (χ3v) is 6.03. The van der Waals surface area contributed by atoms with Gasteiger partial charge in [-0.2, -0.15) is 14.7 Å². The molecule has 2 rings (SSSR count). The quantitative estimate of drug-likeness (QED) is 0.411. The highest BCUT2D eigenvalue weighted by Gasteiger charge is 2.27. The van der Waals surface area contributed by atoms with E-state index in [9.17, 15) is 18.5 Å². The number of non-ortho nitro benzene ring substituents is 1. The standard InChI is InChI=1S/C18H19N5O4S/c1-3-22(4-2)28(26,27)18-11-16(23(24)25)9-10-17(18)21-20-13-15-7-5-14(12-19)6-8-15/h5-11,13,21H,3-4H2,1-2H3/b20-13-. The van der Waals surface area contributed by atoms with Gasteiger partial charge >= 0.3 is 0 Å². The van der Waals surface area contributed by atoms with Crippen LogP contribution < -0.4 is 5.43 Å². The molecule has 2 aromatic rings. The van der Waals surface area contributed by atoms with Gasteiger partial charge in [0.25, 0.3) is 5.69 Å². The van der Waals surface area contributed by atoms with Crippen molar-refractivity contribution in [2.24, 2.45) is 5.10 Å². The first-order valence-electron chi connectivity index (χ1n) is 8.41. The summed E-state index contributed by atoms with van der Waals surface area (Å²) in [5.74, 6) is 0. The average Bonchev–Trinajstić information content (AvgIpc) is 2.69. The minimum atomic E-state index is -3.94. The van der Waals surface area contributed by atoms with E-state index in [1.165, 1.54) is 22.7 Å². The predicted molar refractivity (Wildman–Crippen MR) is 106 cm³/mol. The van der Waals surface area contributed by atoms with Crippen LogP contribution in [0, 0.1) is 21.4 Å². The van der Waals surface area contributed by atoms with Gasteiger partial charge in [0.05, 0.1) is 28.5 Å². The molecular formula is C18H19N5O4S. The Hall–Kier alpha value is -3.29. The minimum absolute atomic E-state index is 0.127. The lowest BCUT2D eigenvalue weighted by atomic mass is 10.2. The molecule has 0 saturated carbocycles. The van der Waals surface area contributed by atoms with Crippen molar-refractivity contribution >= 4 is 27.6 Å². The second-order valence-corrected chi connectivity index (χ2v) is 7.54. The number of nitro groups is 1. The molecule has 0 spiro atoms. The number of hydrazone groups is 1. The van der Waals surface area contributed by atoms with Gasteiger partial charge in [-0.05, 0) is 23.8 Å². The van der Waals surface area contributed by atoms with Gasteiger partial charge in [0.2, 0.25) is 10.0 Å². The molecule has 0 aliphatic rings. The van der Waals surface area contributed by atoms with E-state index in [1.54, 1.807) is 38.1 Å². The molecule has 0 aliphatic carbocycles. The van der Waals surface area contributed by atoms with Gasteiger partial charge in [-0.15, -0.1) is 0 Å². The van der Waals surface area contributed by atoms with Crippen molar-refractivity contribution in [3.63, 3.8) is 0 Å². The van der Waals surface area contributed by atoms with Crippen LogP contribution in [0.2, 0.25) is 0 Å². The Morgan fingerprint density at radius 1 is 1.21 bits per heavy atom. The van der Waals surface area contributed by atoms with Crippen LogP contribution in [-0.2, 0) is 10.0 Å². The summed E-state index contributed by atoms with van der Waals surface area (Å²) in [6.45, 7) is 3.84. The van der Waals surface area contributed by atoms with Gasteiger partial charge in [0.1, 0.15) is 4.90 Å². The lowest BCUT2D eigenvalue weighted by molar-refractivity contribution is -0.385. The Labute approximate surface area is 163 Å². The summed E-state index contributed by atoms with van der Waals surface area (Å²) >= 11 is 0. The van der Waals surface area contributed by atoms with Crippen molar-refractivity contribution in [3.8, 4) is 6.07 Å². The molecule has 0 unspecified atom stereocenters. The van der Waals surface area contributed by atoms with E-state index in [0.717, 1.165) is 6.07 Å². The van der Waals surface area contributed by atoms with Crippen molar-refractivity contribution < 1.29 is 13.3 Å². The number of anilines is 1. The average molecular weight is 401 g/mol. The number of nitriles is 1. The van der Waals surface area contributed by atoms with Crippen LogP contribution in [0.15, 0.2) is 52.5 Å². The van der Waals surface area contributed by atoms with E-state index >= 15 is 0 Å². The molecule has 0 amide bonds. The first kappa shape index (κ1) is 21.0. The third-order valence-electron chi connectivity index (χ3n) is 3.94. The van der Waals surface area contributed by atoms with Crippen LogP contribution in [0.3, 0.4) is 0 Å². The Kier molecular flexibility index (Phi) is 6.81. The number of benzene rings is 2. The maximum Gasteiger partial charge on any atom is 0.270 e. The topological polar surface area (TPSA) is 129 Å². The molecule has 0 saturated heterocycles. The zero-order valence-corrected chi connectivity index (χ0v) is 16.2. The normalized spacial score (nSPS) is 11.5. The van der Waals surface area contributed by atoms with Gasteiger partial charge in [-0.25, -0.2) is 8.42 Å². The van der Waals surface area contributed by atoms with Gasteiger partial charge in [0.15, 0.2) is 0 Å². The number of sulfonamides is 1. The molecule has 0 radical (unpaired) electrons. The fraction of sp³-hybridized carbons (Fsp3) is 0.222. The summed E-state index contributed by atoms with van der Waals surface area (Å²) in [5.41, 5.74) is 3.65. The zero-order valence-electron chi connectivity index (χ0n) is 15.4. The van der Waals surface area contributed by atoms with Crippen LogP contribution in [0.1, 0.15) is 25.0 Å². The fourth-order valence-corrected chi connectivity index (χ4v) is 4.07. The molecule has 10 heteroatoms. The summed E-state index contributed by atoms with van der Waals surface area (Å²) in [4.78, 5) is 10.2. The third kappa shape index (κ3) is 4.70. The molecule has 0 heterocycles. The molecule has 9 nitrogen and oxygen atoms in total. The van der Waals surface area contributed by atoms with Crippen LogP contribution in [0.4, 0.5) is 11.4 Å². The lowest BCUT2D eigenvalue weighted by Crippen LogP contribution is -2.31. The summed E-state index contributed by atoms with van der Waals surface area (Å²) < 4.78 is 27.0. The monoisotopic (exact) mass is 401 g/mol. The molecule has 0 fully saturated rings. The zero-order chi connectivity index (χ0) is 20.7. The number of nitrogens with one attached hydrogen (secondary N) is 1. The summed E-state index contributed by atoms with van der Waals surface area (Å²) in [5, 5.41) is 23.9. The number of nitrogens with zero attached hydrogens (tertiary/aromatic N) is 4. The van der Waals surface area contributed by atoms with Crippen molar-refractivity contribution in [1.82, 2.24) is 4.31 Å². The highest BCUT2D eigenvalue weighted by Crippen LogP contribution is 2.29. The molecule has 0 aliphatic heterocycles. The van der Waals surface area contributed by atoms with E-state index in [0.29, 0.717) is 11.1 Å². The predicted octanol–water partition coefficient (Wildman–Crippen LogP) is 2.94. The SMILES string of the molecule is CCN(CC)S(=O)(=O)c1cc([N+](=O)[O-])ccc1N/N=C\c1ccc(C#N)cc1. The smallest absolute Gasteiger partial charge is 0.270 e. The highest BCUT2D eigenvalue weighted by molar-refractivity contribution is 7.89. The first-order valence-corrected chi connectivity index (χ1v) is 9.85. The van der Waals surface area contributed by atoms with Crippen LogP contribution in [0.25, 0.3) is 0 Å². The van der Waals surface area contributed by atoms with E-state index in [2.05, 4.69) is 10.5 Å². The molecule has 0 aromatic heterocycles. The number of rotatable bonds is 8. The first-order chi connectivity index (χ1) is 13.3. The molecule has 1 N–H and O–H groups in total. The van der Waals surface area contributed by atoms with Crippen molar-refractivity contribution in [1.29, 1.82) is 5.26 Å². The summed E-state index contributed by atoms with van der Waals surface area (Å²) in [6.07, 6.45) is 1.45. The summed E-state index contributed by atoms with van der Waals surface area (Å²) in [7, 11) is -3.94. The van der Waals surface area contributed by atoms with E-state index in [-0.39, 0.29) is 29.4 Å². The Bertz CT molecular complexity index is 1020. The largest absolute Gasteiger partial charge is 0.277 e. The molecule has 0 bridgehead atoms. The molecular weight excluding hydrogens is 382 g/mol. The summed E-state index contributed by atoms with van der Waals surface area (Å²) in [6, 6.07) is 12.2. The van der Waals surface area contributed by atoms with Gasteiger partial charge < -0.3 is 0 Å². The highest BCUT2D eigenvalue weighted by atomic mass is 32.2. The fourth-order valence-electron chi connectivity index (χ4n) is 2.45. The maximum atomic E-state index is 12.9.